The van der Waals surface area contributed by atoms with Crippen LogP contribution in [0.5, 0.6) is 0 Å². The van der Waals surface area contributed by atoms with Crippen LogP contribution in [0.3, 0.4) is 0 Å². The third-order valence-corrected chi connectivity index (χ3v) is 3.46. The van der Waals surface area contributed by atoms with Gasteiger partial charge in [-0.15, -0.1) is 0 Å². The molecular weight excluding hydrogens is 260 g/mol. The fourth-order valence-electron chi connectivity index (χ4n) is 2.29. The molecule has 20 heavy (non-hydrogen) atoms. The summed E-state index contributed by atoms with van der Waals surface area (Å²) in [6.07, 6.45) is -0.976. The summed E-state index contributed by atoms with van der Waals surface area (Å²) in [6, 6.07) is 10.6. The van der Waals surface area contributed by atoms with Crippen molar-refractivity contribution in [3.8, 4) is 0 Å². The molecule has 2 aromatic rings. The third-order valence-electron chi connectivity index (χ3n) is 3.46. The van der Waals surface area contributed by atoms with E-state index in [2.05, 4.69) is 0 Å². The SMILES string of the molecule is Cc1cc(C(O)C(CN)c2ccccc2F)ccc1F. The molecule has 0 aliphatic rings. The predicted molar refractivity (Wildman–Crippen MR) is 74.3 cm³/mol. The molecule has 2 aromatic carbocycles. The minimum absolute atomic E-state index is 0.0958. The molecule has 0 aliphatic carbocycles. The Hall–Kier alpha value is -1.78. The minimum atomic E-state index is -0.976. The van der Waals surface area contributed by atoms with Crippen molar-refractivity contribution in [3.05, 3.63) is 70.8 Å². The Morgan fingerprint density at radius 3 is 2.40 bits per heavy atom. The number of benzene rings is 2. The van der Waals surface area contributed by atoms with Crippen LogP contribution in [-0.4, -0.2) is 11.7 Å². The van der Waals surface area contributed by atoms with Crippen molar-refractivity contribution in [1.82, 2.24) is 0 Å². The molecule has 2 nitrogen and oxygen atoms in total. The average molecular weight is 277 g/mol. The van der Waals surface area contributed by atoms with Gasteiger partial charge in [0.15, 0.2) is 0 Å². The van der Waals surface area contributed by atoms with E-state index in [1.165, 1.54) is 18.2 Å². The smallest absolute Gasteiger partial charge is 0.126 e. The highest BCUT2D eigenvalue weighted by atomic mass is 19.1. The van der Waals surface area contributed by atoms with Crippen LogP contribution in [0.2, 0.25) is 0 Å². The van der Waals surface area contributed by atoms with Gasteiger partial charge < -0.3 is 10.8 Å². The topological polar surface area (TPSA) is 46.2 Å². The van der Waals surface area contributed by atoms with Gasteiger partial charge in [0.05, 0.1) is 6.10 Å². The Kier molecular flexibility index (Phi) is 4.47. The molecule has 0 spiro atoms. The zero-order valence-corrected chi connectivity index (χ0v) is 11.2. The first-order valence-corrected chi connectivity index (χ1v) is 6.43. The third kappa shape index (κ3) is 2.86. The van der Waals surface area contributed by atoms with Crippen LogP contribution >= 0.6 is 0 Å². The van der Waals surface area contributed by atoms with Crippen LogP contribution < -0.4 is 5.73 Å². The van der Waals surface area contributed by atoms with Crippen molar-refractivity contribution < 1.29 is 13.9 Å². The first-order valence-electron chi connectivity index (χ1n) is 6.43. The molecule has 2 unspecified atom stereocenters. The van der Waals surface area contributed by atoms with Crippen LogP contribution in [0, 0.1) is 18.6 Å². The van der Waals surface area contributed by atoms with E-state index < -0.39 is 17.8 Å². The van der Waals surface area contributed by atoms with E-state index in [1.807, 2.05) is 0 Å². The summed E-state index contributed by atoms with van der Waals surface area (Å²) in [5.41, 5.74) is 7.01. The number of halogens is 2. The second-order valence-corrected chi connectivity index (χ2v) is 4.82. The Balaban J connectivity index is 2.36. The first-order chi connectivity index (χ1) is 9.54. The summed E-state index contributed by atoms with van der Waals surface area (Å²) in [6.45, 7) is 1.71. The molecule has 2 atom stereocenters. The van der Waals surface area contributed by atoms with Gasteiger partial charge in [-0.3, -0.25) is 0 Å². The monoisotopic (exact) mass is 277 g/mol. The van der Waals surface area contributed by atoms with Crippen molar-refractivity contribution in [2.45, 2.75) is 18.9 Å². The van der Waals surface area contributed by atoms with Crippen molar-refractivity contribution >= 4 is 0 Å². The molecule has 0 saturated carbocycles. The average Bonchev–Trinajstić information content (AvgIpc) is 2.44. The summed E-state index contributed by atoms with van der Waals surface area (Å²) in [5, 5.41) is 10.4. The standard InChI is InChI=1S/C16H17F2NO/c1-10-8-11(6-7-14(10)17)16(20)13(9-19)12-4-2-3-5-15(12)18/h2-8,13,16,20H,9,19H2,1H3. The second-order valence-electron chi connectivity index (χ2n) is 4.82. The molecule has 0 radical (unpaired) electrons. The lowest BCUT2D eigenvalue weighted by atomic mass is 9.88. The number of aliphatic hydroxyl groups excluding tert-OH is 1. The van der Waals surface area contributed by atoms with E-state index in [0.717, 1.165) is 0 Å². The van der Waals surface area contributed by atoms with E-state index in [4.69, 9.17) is 5.73 Å². The molecule has 0 bridgehead atoms. The Labute approximate surface area is 116 Å². The lowest BCUT2D eigenvalue weighted by Gasteiger charge is -2.23. The van der Waals surface area contributed by atoms with Crippen molar-refractivity contribution in [2.75, 3.05) is 6.54 Å². The number of hydrogen-bond donors (Lipinski definition) is 2. The van der Waals surface area contributed by atoms with Gasteiger partial charge in [-0.05, 0) is 35.7 Å². The Morgan fingerprint density at radius 2 is 1.80 bits per heavy atom. The highest BCUT2D eigenvalue weighted by Gasteiger charge is 2.24. The van der Waals surface area contributed by atoms with Crippen LogP contribution in [0.15, 0.2) is 42.5 Å². The summed E-state index contributed by atoms with van der Waals surface area (Å²) in [7, 11) is 0. The fraction of sp³-hybridized carbons (Fsp3) is 0.250. The molecule has 0 aliphatic heterocycles. The highest BCUT2D eigenvalue weighted by Crippen LogP contribution is 2.32. The lowest BCUT2D eigenvalue weighted by molar-refractivity contribution is 0.145. The molecule has 0 aromatic heterocycles. The molecule has 4 heteroatoms. The molecule has 0 amide bonds. The molecule has 106 valence electrons. The molecule has 3 N–H and O–H groups in total. The van der Waals surface area contributed by atoms with Gasteiger partial charge in [-0.25, -0.2) is 8.78 Å². The first kappa shape index (κ1) is 14.6. The maximum Gasteiger partial charge on any atom is 0.126 e. The van der Waals surface area contributed by atoms with Crippen LogP contribution in [0.4, 0.5) is 8.78 Å². The van der Waals surface area contributed by atoms with Gasteiger partial charge in [0.25, 0.3) is 0 Å². The minimum Gasteiger partial charge on any atom is -0.388 e. The highest BCUT2D eigenvalue weighted by molar-refractivity contribution is 5.31. The Morgan fingerprint density at radius 1 is 1.10 bits per heavy atom. The summed E-state index contributed by atoms with van der Waals surface area (Å²) < 4.78 is 27.1. The van der Waals surface area contributed by atoms with Gasteiger partial charge in [0, 0.05) is 12.5 Å². The maximum absolute atomic E-state index is 13.8. The molecule has 0 fully saturated rings. The predicted octanol–water partition coefficient (Wildman–Crippen LogP) is 3.05. The number of nitrogens with two attached hydrogens (primary N) is 1. The lowest BCUT2D eigenvalue weighted by Crippen LogP contribution is -2.21. The summed E-state index contributed by atoms with van der Waals surface area (Å²) in [4.78, 5) is 0. The Bertz CT molecular complexity index is 601. The number of aryl methyl sites for hydroxylation is 1. The zero-order valence-electron chi connectivity index (χ0n) is 11.2. The largest absolute Gasteiger partial charge is 0.388 e. The van der Waals surface area contributed by atoms with E-state index >= 15 is 0 Å². The zero-order chi connectivity index (χ0) is 14.7. The van der Waals surface area contributed by atoms with Gasteiger partial charge >= 0.3 is 0 Å². The van der Waals surface area contributed by atoms with E-state index in [1.54, 1.807) is 31.2 Å². The number of rotatable bonds is 4. The van der Waals surface area contributed by atoms with Crippen molar-refractivity contribution in [2.24, 2.45) is 5.73 Å². The van der Waals surface area contributed by atoms with Gasteiger partial charge in [-0.1, -0.05) is 30.3 Å². The fourth-order valence-corrected chi connectivity index (χ4v) is 2.29. The molecule has 0 saturated heterocycles. The normalized spacial score (nSPS) is 14.1. The van der Waals surface area contributed by atoms with E-state index in [0.29, 0.717) is 16.7 Å². The van der Waals surface area contributed by atoms with Crippen molar-refractivity contribution in [3.63, 3.8) is 0 Å². The number of hydrogen-bond acceptors (Lipinski definition) is 2. The van der Waals surface area contributed by atoms with Gasteiger partial charge in [-0.2, -0.15) is 0 Å². The molecule has 2 rings (SSSR count). The quantitative estimate of drug-likeness (QED) is 0.902. The molecular formula is C16H17F2NO. The van der Waals surface area contributed by atoms with E-state index in [-0.39, 0.29) is 12.4 Å². The van der Waals surface area contributed by atoms with Crippen LogP contribution in [0.25, 0.3) is 0 Å². The van der Waals surface area contributed by atoms with Gasteiger partial charge in [0.2, 0.25) is 0 Å². The maximum atomic E-state index is 13.8. The van der Waals surface area contributed by atoms with Crippen molar-refractivity contribution in [1.29, 1.82) is 0 Å². The second kappa shape index (κ2) is 6.11. The number of aliphatic hydroxyl groups is 1. The van der Waals surface area contributed by atoms with Crippen LogP contribution in [-0.2, 0) is 0 Å². The summed E-state index contributed by atoms with van der Waals surface area (Å²) >= 11 is 0. The molecule has 0 heterocycles. The van der Waals surface area contributed by atoms with Gasteiger partial charge in [0.1, 0.15) is 11.6 Å². The van der Waals surface area contributed by atoms with Crippen LogP contribution in [0.1, 0.15) is 28.7 Å². The summed E-state index contributed by atoms with van der Waals surface area (Å²) in [5.74, 6) is -1.31. The van der Waals surface area contributed by atoms with E-state index in [9.17, 15) is 13.9 Å².